The number of fused-ring (bicyclic) bond motifs is 1. The summed E-state index contributed by atoms with van der Waals surface area (Å²) >= 11 is 7.09. The van der Waals surface area contributed by atoms with Crippen molar-refractivity contribution in [1.29, 1.82) is 0 Å². The van der Waals surface area contributed by atoms with Crippen molar-refractivity contribution in [2.75, 3.05) is 30.4 Å². The number of halogens is 2. The van der Waals surface area contributed by atoms with Crippen LogP contribution in [0.3, 0.4) is 0 Å². The maximum Gasteiger partial charge on any atom is 0.337 e. The van der Waals surface area contributed by atoms with Gasteiger partial charge in [0.2, 0.25) is 0 Å². The number of hydrogen-bond donors (Lipinski definition) is 2. The lowest BCUT2D eigenvalue weighted by atomic mass is 10.00. The minimum absolute atomic E-state index is 0.0882. The number of anilines is 2. The number of aromatic nitrogens is 1. The first-order valence-electron chi connectivity index (χ1n) is 12.1. The van der Waals surface area contributed by atoms with Crippen LogP contribution in [0, 0.1) is 5.82 Å². The number of thiophene rings is 1. The van der Waals surface area contributed by atoms with Crippen molar-refractivity contribution in [3.63, 3.8) is 0 Å². The lowest BCUT2D eigenvalue weighted by Gasteiger charge is -2.20. The van der Waals surface area contributed by atoms with Crippen LogP contribution >= 0.6 is 22.9 Å². The van der Waals surface area contributed by atoms with Crippen molar-refractivity contribution in [3.05, 3.63) is 109 Å². The Morgan fingerprint density at radius 3 is 2.62 bits per heavy atom. The van der Waals surface area contributed by atoms with Crippen LogP contribution < -0.4 is 21.1 Å². The minimum Gasteiger partial charge on any atom is -0.465 e. The highest BCUT2D eigenvalue weighted by Crippen LogP contribution is 2.37. The molecule has 12 heteroatoms. The Kier molecular flexibility index (Phi) is 7.67. The highest BCUT2D eigenvalue weighted by Gasteiger charge is 2.34. The monoisotopic (exact) mass is 580 g/mol. The summed E-state index contributed by atoms with van der Waals surface area (Å²) in [5, 5.41) is 5.43. The maximum absolute atomic E-state index is 15.0. The Labute approximate surface area is 236 Å². The van der Waals surface area contributed by atoms with Crippen LogP contribution in [0.4, 0.5) is 20.6 Å². The predicted molar refractivity (Wildman–Crippen MR) is 151 cm³/mol. The Bertz CT molecular complexity index is 1690. The molecule has 1 unspecified atom stereocenters. The quantitative estimate of drug-likeness (QED) is 0.310. The van der Waals surface area contributed by atoms with E-state index < -0.39 is 17.8 Å². The van der Waals surface area contributed by atoms with Gasteiger partial charge in [-0.1, -0.05) is 23.7 Å². The third-order valence-electron chi connectivity index (χ3n) is 6.43. The molecule has 0 spiro atoms. The van der Waals surface area contributed by atoms with Gasteiger partial charge in [-0.05, 0) is 48.0 Å². The third kappa shape index (κ3) is 5.47. The van der Waals surface area contributed by atoms with Gasteiger partial charge in [0.25, 0.3) is 11.5 Å². The van der Waals surface area contributed by atoms with Crippen LogP contribution in [0.1, 0.15) is 31.5 Å². The number of hydrogen-bond acceptors (Lipinski definition) is 6. The molecule has 0 bridgehead atoms. The summed E-state index contributed by atoms with van der Waals surface area (Å²) in [6.07, 6.45) is 1.52. The zero-order valence-electron chi connectivity index (χ0n) is 21.0. The van der Waals surface area contributed by atoms with Gasteiger partial charge in [0.15, 0.2) is 0 Å². The van der Waals surface area contributed by atoms with Gasteiger partial charge in [-0.25, -0.2) is 14.0 Å². The van der Waals surface area contributed by atoms with Crippen LogP contribution in [0.25, 0.3) is 5.69 Å². The van der Waals surface area contributed by atoms with E-state index in [-0.39, 0.29) is 41.7 Å². The summed E-state index contributed by atoms with van der Waals surface area (Å²) in [4.78, 5) is 52.1. The number of esters is 1. The number of methoxy groups -OCH3 is 1. The Hall–Kier alpha value is -4.48. The fourth-order valence-electron chi connectivity index (χ4n) is 4.47. The van der Waals surface area contributed by atoms with Crippen molar-refractivity contribution in [1.82, 2.24) is 9.88 Å². The maximum atomic E-state index is 15.0. The lowest BCUT2D eigenvalue weighted by Crippen LogP contribution is -2.36. The topological polar surface area (TPSA) is 110 Å². The van der Waals surface area contributed by atoms with Crippen LogP contribution in [0.2, 0.25) is 4.34 Å². The number of pyridine rings is 1. The van der Waals surface area contributed by atoms with Crippen LogP contribution in [-0.2, 0) is 4.74 Å². The molecule has 2 aromatic heterocycles. The molecule has 0 fully saturated rings. The van der Waals surface area contributed by atoms with E-state index >= 15 is 4.39 Å². The zero-order valence-corrected chi connectivity index (χ0v) is 22.6. The molecule has 0 radical (unpaired) electrons. The summed E-state index contributed by atoms with van der Waals surface area (Å²) in [5.74, 6) is -1.91. The number of amides is 3. The first kappa shape index (κ1) is 27.1. The first-order chi connectivity index (χ1) is 19.2. The van der Waals surface area contributed by atoms with Crippen molar-refractivity contribution in [2.45, 2.75) is 5.92 Å². The Balaban J connectivity index is 1.38. The molecule has 3 amide bonds. The number of nitrogens with one attached hydrogen (secondary N) is 2. The smallest absolute Gasteiger partial charge is 0.337 e. The molecule has 0 saturated carbocycles. The van der Waals surface area contributed by atoms with Crippen molar-refractivity contribution >= 4 is 52.2 Å². The number of carbonyl (C=O) groups excluding carboxylic acids is 3. The minimum atomic E-state index is -0.734. The Morgan fingerprint density at radius 1 is 1.10 bits per heavy atom. The average Bonchev–Trinajstić information content (AvgIpc) is 3.56. The van der Waals surface area contributed by atoms with E-state index in [2.05, 4.69) is 10.6 Å². The molecule has 204 valence electrons. The number of urea groups is 1. The van der Waals surface area contributed by atoms with Gasteiger partial charge in [-0.3, -0.25) is 19.1 Å². The number of carbonyl (C=O) groups is 3. The van der Waals surface area contributed by atoms with E-state index in [0.29, 0.717) is 20.6 Å². The molecule has 1 aliphatic heterocycles. The largest absolute Gasteiger partial charge is 0.465 e. The van der Waals surface area contributed by atoms with Gasteiger partial charge in [0.05, 0.1) is 33.3 Å². The van der Waals surface area contributed by atoms with E-state index in [0.717, 1.165) is 23.0 Å². The van der Waals surface area contributed by atoms with Gasteiger partial charge < -0.3 is 15.4 Å². The number of ether oxygens (including phenoxy) is 1. The summed E-state index contributed by atoms with van der Waals surface area (Å²) in [6, 6.07) is 16.1. The molecule has 4 aromatic rings. The third-order valence-corrected chi connectivity index (χ3v) is 7.66. The molecule has 9 nitrogen and oxygen atoms in total. The molecule has 3 heterocycles. The Morgan fingerprint density at radius 2 is 1.93 bits per heavy atom. The fourth-order valence-corrected chi connectivity index (χ4v) is 5.43. The summed E-state index contributed by atoms with van der Waals surface area (Å²) in [6.45, 7) is 0.369. The molecule has 1 atom stereocenters. The summed E-state index contributed by atoms with van der Waals surface area (Å²) < 4.78 is 21.6. The second-order valence-electron chi connectivity index (χ2n) is 8.89. The van der Waals surface area contributed by atoms with E-state index in [1.807, 2.05) is 0 Å². The molecule has 0 aliphatic carbocycles. The molecule has 2 N–H and O–H groups in total. The lowest BCUT2D eigenvalue weighted by molar-refractivity contribution is 0.0600. The van der Waals surface area contributed by atoms with Crippen molar-refractivity contribution in [3.8, 4) is 5.69 Å². The van der Waals surface area contributed by atoms with Gasteiger partial charge in [0, 0.05) is 43.0 Å². The standard InChI is InChI=1S/C28H22ClFN4O5S/c1-39-27(37)16-5-7-19-17(14-31-26(36)23-9-10-24(29)40-23)15-34(22(19)12-16)28(38)32-21-8-6-18(13-20(21)30)33-11-3-2-4-25(33)35/h2-13,17H,14-15H2,1H3,(H,31,36)(H,32,38). The van der Waals surface area contributed by atoms with Crippen LogP contribution in [-0.4, -0.2) is 42.7 Å². The average molecular weight is 581 g/mol. The fraction of sp³-hybridized carbons (Fsp3) is 0.143. The van der Waals surface area contributed by atoms with Gasteiger partial charge >= 0.3 is 12.0 Å². The molecule has 0 saturated heterocycles. The van der Waals surface area contributed by atoms with E-state index in [1.54, 1.807) is 36.4 Å². The molecular weight excluding hydrogens is 559 g/mol. The van der Waals surface area contributed by atoms with Crippen LogP contribution in [0.15, 0.2) is 77.7 Å². The zero-order chi connectivity index (χ0) is 28.4. The van der Waals surface area contributed by atoms with Crippen molar-refractivity contribution in [2.24, 2.45) is 0 Å². The molecule has 2 aromatic carbocycles. The van der Waals surface area contributed by atoms with Gasteiger partial charge in [-0.2, -0.15) is 0 Å². The van der Waals surface area contributed by atoms with Crippen LogP contribution in [0.5, 0.6) is 0 Å². The SMILES string of the molecule is COC(=O)c1ccc2c(c1)N(C(=O)Nc1ccc(-n3ccccc3=O)cc1F)CC2CNC(=O)c1ccc(Cl)s1. The number of nitrogens with zero attached hydrogens (tertiary/aromatic N) is 2. The normalized spacial score (nSPS) is 14.0. The highest BCUT2D eigenvalue weighted by molar-refractivity contribution is 7.18. The molecule has 5 rings (SSSR count). The van der Waals surface area contributed by atoms with E-state index in [9.17, 15) is 19.2 Å². The first-order valence-corrected chi connectivity index (χ1v) is 13.3. The predicted octanol–water partition coefficient (Wildman–Crippen LogP) is 5.04. The second kappa shape index (κ2) is 11.3. The number of benzene rings is 2. The van der Waals surface area contributed by atoms with E-state index in [1.165, 1.54) is 47.0 Å². The second-order valence-corrected chi connectivity index (χ2v) is 10.6. The molecule has 40 heavy (non-hydrogen) atoms. The molecular formula is C28H22ClFN4O5S. The summed E-state index contributed by atoms with van der Waals surface area (Å²) in [5.41, 5.74) is 1.29. The van der Waals surface area contributed by atoms with Gasteiger partial charge in [-0.15, -0.1) is 11.3 Å². The highest BCUT2D eigenvalue weighted by atomic mass is 35.5. The summed E-state index contributed by atoms with van der Waals surface area (Å²) in [7, 11) is 1.26. The van der Waals surface area contributed by atoms with Crippen molar-refractivity contribution < 1.29 is 23.5 Å². The van der Waals surface area contributed by atoms with Gasteiger partial charge in [0.1, 0.15) is 5.82 Å². The number of rotatable bonds is 6. The molecule has 1 aliphatic rings. The van der Waals surface area contributed by atoms with E-state index in [4.69, 9.17) is 16.3 Å².